The standard InChI is InChI=1S/C13H17NO2S/c15-13(7-9-17)16-10-14-8-3-5-11-4-1-2-6-12(11)14/h1-2,4,6,17H,3,5,7-10H2. The Kier molecular flexibility index (Phi) is 4.31. The van der Waals surface area contributed by atoms with Crippen LogP contribution in [0.1, 0.15) is 18.4 Å². The first-order valence-corrected chi connectivity index (χ1v) is 6.54. The SMILES string of the molecule is O=C(CCS)OCN1CCCc2ccccc21. The van der Waals surface area contributed by atoms with Crippen LogP contribution in [0.5, 0.6) is 0 Å². The van der Waals surface area contributed by atoms with Crippen molar-refractivity contribution in [2.24, 2.45) is 0 Å². The highest BCUT2D eigenvalue weighted by atomic mass is 32.1. The number of benzene rings is 1. The molecule has 2 rings (SSSR count). The molecule has 0 fully saturated rings. The van der Waals surface area contributed by atoms with E-state index < -0.39 is 0 Å². The van der Waals surface area contributed by atoms with Crippen LogP contribution in [0.25, 0.3) is 0 Å². The molecule has 1 aromatic carbocycles. The van der Waals surface area contributed by atoms with Gasteiger partial charge < -0.3 is 9.64 Å². The number of thiol groups is 1. The number of fused-ring (bicyclic) bond motifs is 1. The number of carbonyl (C=O) groups excluding carboxylic acids is 1. The number of para-hydroxylation sites is 1. The summed E-state index contributed by atoms with van der Waals surface area (Å²) in [7, 11) is 0. The summed E-state index contributed by atoms with van der Waals surface area (Å²) in [5.74, 6) is 0.359. The van der Waals surface area contributed by atoms with Crippen LogP contribution in [-0.4, -0.2) is 25.0 Å². The molecule has 1 heterocycles. The monoisotopic (exact) mass is 251 g/mol. The smallest absolute Gasteiger partial charge is 0.308 e. The highest BCUT2D eigenvalue weighted by Gasteiger charge is 2.16. The van der Waals surface area contributed by atoms with Crippen LogP contribution >= 0.6 is 12.6 Å². The Bertz CT molecular complexity index is 395. The molecule has 0 aromatic heterocycles. The third kappa shape index (κ3) is 3.16. The molecule has 92 valence electrons. The van der Waals surface area contributed by atoms with E-state index in [1.807, 2.05) is 6.07 Å². The maximum atomic E-state index is 11.3. The van der Waals surface area contributed by atoms with E-state index in [-0.39, 0.29) is 5.97 Å². The van der Waals surface area contributed by atoms with Crippen LogP contribution in [-0.2, 0) is 16.0 Å². The van der Waals surface area contributed by atoms with Gasteiger partial charge in [0, 0.05) is 18.0 Å². The summed E-state index contributed by atoms with van der Waals surface area (Å²) in [6.07, 6.45) is 2.59. The third-order valence-electron chi connectivity index (χ3n) is 2.90. The van der Waals surface area contributed by atoms with E-state index in [9.17, 15) is 4.79 Å². The zero-order chi connectivity index (χ0) is 12.1. The molecule has 1 aromatic rings. The van der Waals surface area contributed by atoms with Gasteiger partial charge in [0.15, 0.2) is 6.73 Å². The quantitative estimate of drug-likeness (QED) is 0.657. The molecule has 3 nitrogen and oxygen atoms in total. The lowest BCUT2D eigenvalue weighted by Crippen LogP contribution is -2.32. The lowest BCUT2D eigenvalue weighted by Gasteiger charge is -2.30. The van der Waals surface area contributed by atoms with Gasteiger partial charge in [0.05, 0.1) is 6.42 Å². The van der Waals surface area contributed by atoms with E-state index in [1.54, 1.807) is 0 Å². The number of esters is 1. The summed E-state index contributed by atoms with van der Waals surface area (Å²) < 4.78 is 5.22. The summed E-state index contributed by atoms with van der Waals surface area (Å²) >= 11 is 4.01. The first-order chi connectivity index (χ1) is 8.31. The molecule has 17 heavy (non-hydrogen) atoms. The van der Waals surface area contributed by atoms with E-state index in [4.69, 9.17) is 4.74 Å². The maximum absolute atomic E-state index is 11.3. The van der Waals surface area contributed by atoms with Crippen molar-refractivity contribution in [3.8, 4) is 0 Å². The normalized spacial score (nSPS) is 14.3. The molecule has 0 saturated carbocycles. The molecule has 0 unspecified atom stereocenters. The zero-order valence-corrected chi connectivity index (χ0v) is 10.7. The van der Waals surface area contributed by atoms with Crippen molar-refractivity contribution < 1.29 is 9.53 Å². The molecule has 1 aliphatic heterocycles. The van der Waals surface area contributed by atoms with Crippen LogP contribution in [0, 0.1) is 0 Å². The number of rotatable bonds is 4. The summed E-state index contributed by atoms with van der Waals surface area (Å²) in [6, 6.07) is 8.29. The minimum absolute atomic E-state index is 0.178. The average molecular weight is 251 g/mol. The fourth-order valence-electron chi connectivity index (χ4n) is 2.06. The lowest BCUT2D eigenvalue weighted by atomic mass is 10.0. The highest BCUT2D eigenvalue weighted by molar-refractivity contribution is 7.80. The Morgan fingerprint density at radius 2 is 2.24 bits per heavy atom. The number of hydrogen-bond donors (Lipinski definition) is 1. The van der Waals surface area contributed by atoms with Gasteiger partial charge in [-0.15, -0.1) is 0 Å². The van der Waals surface area contributed by atoms with Crippen LogP contribution < -0.4 is 4.90 Å². The van der Waals surface area contributed by atoms with Gasteiger partial charge in [0.2, 0.25) is 0 Å². The molecular weight excluding hydrogens is 234 g/mol. The Morgan fingerprint density at radius 3 is 3.06 bits per heavy atom. The van der Waals surface area contributed by atoms with Gasteiger partial charge in [-0.2, -0.15) is 12.6 Å². The molecule has 0 saturated heterocycles. The molecule has 0 N–H and O–H groups in total. The topological polar surface area (TPSA) is 29.5 Å². The number of carbonyl (C=O) groups is 1. The van der Waals surface area contributed by atoms with E-state index in [0.717, 1.165) is 19.4 Å². The number of hydrogen-bond acceptors (Lipinski definition) is 4. The van der Waals surface area contributed by atoms with Gasteiger partial charge in [-0.25, -0.2) is 0 Å². The number of anilines is 1. The van der Waals surface area contributed by atoms with Crippen molar-refractivity contribution in [2.75, 3.05) is 23.9 Å². The Balaban J connectivity index is 1.97. The van der Waals surface area contributed by atoms with Gasteiger partial charge >= 0.3 is 5.97 Å². The van der Waals surface area contributed by atoms with Crippen LogP contribution in [0.4, 0.5) is 5.69 Å². The molecule has 0 aliphatic carbocycles. The van der Waals surface area contributed by atoms with E-state index in [2.05, 4.69) is 35.7 Å². The van der Waals surface area contributed by atoms with Crippen molar-refractivity contribution in [1.29, 1.82) is 0 Å². The molecular formula is C13H17NO2S. The second-order valence-electron chi connectivity index (χ2n) is 4.11. The molecule has 0 atom stereocenters. The predicted octanol–water partition coefficient (Wildman–Crippen LogP) is 2.26. The van der Waals surface area contributed by atoms with Gasteiger partial charge in [0.1, 0.15) is 0 Å². The first-order valence-electron chi connectivity index (χ1n) is 5.90. The Hall–Kier alpha value is -1.16. The summed E-state index contributed by atoms with van der Waals surface area (Å²) in [4.78, 5) is 13.4. The first kappa shape index (κ1) is 12.3. The molecule has 4 heteroatoms. The van der Waals surface area contributed by atoms with Crippen LogP contribution in [0.3, 0.4) is 0 Å². The zero-order valence-electron chi connectivity index (χ0n) is 9.76. The molecule has 0 amide bonds. The number of ether oxygens (including phenoxy) is 1. The van der Waals surface area contributed by atoms with Crippen LogP contribution in [0.2, 0.25) is 0 Å². The van der Waals surface area contributed by atoms with Gasteiger partial charge in [-0.1, -0.05) is 18.2 Å². The lowest BCUT2D eigenvalue weighted by molar-refractivity contribution is -0.143. The van der Waals surface area contributed by atoms with Crippen molar-refractivity contribution in [2.45, 2.75) is 19.3 Å². The molecule has 0 radical (unpaired) electrons. The minimum Gasteiger partial charge on any atom is -0.444 e. The largest absolute Gasteiger partial charge is 0.444 e. The van der Waals surface area contributed by atoms with Gasteiger partial charge in [0.25, 0.3) is 0 Å². The fourth-order valence-corrected chi connectivity index (χ4v) is 2.24. The van der Waals surface area contributed by atoms with E-state index >= 15 is 0 Å². The Morgan fingerprint density at radius 1 is 1.41 bits per heavy atom. The molecule has 0 spiro atoms. The Labute approximate surface area is 107 Å². The second-order valence-corrected chi connectivity index (χ2v) is 4.56. The minimum atomic E-state index is -0.178. The second kappa shape index (κ2) is 5.96. The summed E-state index contributed by atoms with van der Waals surface area (Å²) in [5, 5.41) is 0. The van der Waals surface area contributed by atoms with Crippen molar-refractivity contribution in [3.05, 3.63) is 29.8 Å². The van der Waals surface area contributed by atoms with E-state index in [0.29, 0.717) is 18.9 Å². The number of aryl methyl sites for hydroxylation is 1. The average Bonchev–Trinajstić information content (AvgIpc) is 2.36. The van der Waals surface area contributed by atoms with Gasteiger partial charge in [-0.05, 0) is 24.5 Å². The molecule has 1 aliphatic rings. The van der Waals surface area contributed by atoms with Crippen molar-refractivity contribution in [1.82, 2.24) is 0 Å². The molecule has 0 bridgehead atoms. The third-order valence-corrected chi connectivity index (χ3v) is 3.13. The van der Waals surface area contributed by atoms with Crippen LogP contribution in [0.15, 0.2) is 24.3 Å². The van der Waals surface area contributed by atoms with Crippen molar-refractivity contribution >= 4 is 24.3 Å². The van der Waals surface area contributed by atoms with E-state index in [1.165, 1.54) is 11.3 Å². The predicted molar refractivity (Wildman–Crippen MR) is 71.5 cm³/mol. The van der Waals surface area contributed by atoms with Crippen molar-refractivity contribution in [3.63, 3.8) is 0 Å². The highest BCUT2D eigenvalue weighted by Crippen LogP contribution is 2.26. The van der Waals surface area contributed by atoms with Gasteiger partial charge in [-0.3, -0.25) is 4.79 Å². The number of nitrogens with zero attached hydrogens (tertiary/aromatic N) is 1. The maximum Gasteiger partial charge on any atom is 0.308 e. The summed E-state index contributed by atoms with van der Waals surface area (Å²) in [5.41, 5.74) is 2.53. The summed E-state index contributed by atoms with van der Waals surface area (Å²) in [6.45, 7) is 1.30. The fraction of sp³-hybridized carbons (Fsp3) is 0.462.